The van der Waals surface area contributed by atoms with E-state index in [1.807, 2.05) is 0 Å². The Kier molecular flexibility index (Phi) is 11.1. The predicted molar refractivity (Wildman–Crippen MR) is 165 cm³/mol. The summed E-state index contributed by atoms with van der Waals surface area (Å²) in [5.41, 5.74) is 5.17. The number of nitrogens with one attached hydrogen (secondary N) is 3. The number of halogens is 2. The number of hydrogen-bond donors (Lipinski definition) is 3. The van der Waals surface area contributed by atoms with Crippen LogP contribution in [0, 0.1) is 0 Å². The Balaban J connectivity index is 1.31. The zero-order valence-corrected chi connectivity index (χ0v) is 25.6. The molecule has 4 rings (SSSR count). The van der Waals surface area contributed by atoms with Gasteiger partial charge in [-0.25, -0.2) is 15.0 Å². The van der Waals surface area contributed by atoms with Crippen LogP contribution >= 0.6 is 23.2 Å². The fraction of sp³-hybridized carbons (Fsp3) is 0.226. The summed E-state index contributed by atoms with van der Waals surface area (Å²) in [6.07, 6.45) is 1.48. The summed E-state index contributed by atoms with van der Waals surface area (Å²) in [5.74, 6) is 0.165. The van der Waals surface area contributed by atoms with Gasteiger partial charge in [0.15, 0.2) is 18.1 Å². The molecule has 3 aromatic carbocycles. The van der Waals surface area contributed by atoms with Crippen LogP contribution in [0.3, 0.4) is 0 Å². The van der Waals surface area contributed by atoms with Crippen LogP contribution in [0.1, 0.15) is 36.6 Å². The number of carbonyl (C=O) groups excluding carboxylic acids is 3. The molecule has 3 aromatic rings. The number of benzene rings is 3. The number of ether oxygens (including phenoxy) is 4. The zero-order valence-electron chi connectivity index (χ0n) is 24.1. The van der Waals surface area contributed by atoms with Crippen molar-refractivity contribution in [3.63, 3.8) is 0 Å². The van der Waals surface area contributed by atoms with Gasteiger partial charge >= 0.3 is 12.0 Å². The molecule has 3 amide bonds. The summed E-state index contributed by atoms with van der Waals surface area (Å²) in [4.78, 5) is 37.1. The molecule has 11 nitrogen and oxygen atoms in total. The average Bonchev–Trinajstić information content (AvgIpc) is 3.00. The largest absolute Gasteiger partial charge is 0.493 e. The maximum Gasteiger partial charge on any atom is 0.338 e. The van der Waals surface area contributed by atoms with E-state index >= 15 is 0 Å². The fourth-order valence-electron chi connectivity index (χ4n) is 4.21. The van der Waals surface area contributed by atoms with Crippen molar-refractivity contribution in [3.8, 4) is 17.2 Å². The Morgan fingerprint density at radius 3 is 2.50 bits per heavy atom. The van der Waals surface area contributed by atoms with Crippen molar-refractivity contribution in [1.82, 2.24) is 16.1 Å². The highest BCUT2D eigenvalue weighted by Gasteiger charge is 2.32. The van der Waals surface area contributed by atoms with E-state index in [1.165, 1.54) is 13.3 Å². The molecule has 44 heavy (non-hydrogen) atoms. The summed E-state index contributed by atoms with van der Waals surface area (Å²) >= 11 is 12.1. The lowest BCUT2D eigenvalue weighted by Crippen LogP contribution is -2.45. The molecule has 1 aliphatic heterocycles. The molecule has 0 saturated carbocycles. The Hall–Kier alpha value is -4.74. The van der Waals surface area contributed by atoms with Crippen LogP contribution in [0.2, 0.25) is 10.0 Å². The van der Waals surface area contributed by atoms with Gasteiger partial charge in [0.2, 0.25) is 0 Å². The lowest BCUT2D eigenvalue weighted by molar-refractivity contribution is -0.139. The summed E-state index contributed by atoms with van der Waals surface area (Å²) in [6, 6.07) is 16.0. The molecule has 0 spiro atoms. The van der Waals surface area contributed by atoms with Crippen LogP contribution in [0.4, 0.5) is 4.79 Å². The molecule has 1 atom stereocenters. The van der Waals surface area contributed by atoms with Crippen LogP contribution in [0.5, 0.6) is 17.2 Å². The number of esters is 1. The van der Waals surface area contributed by atoms with Crippen molar-refractivity contribution in [2.24, 2.45) is 5.10 Å². The van der Waals surface area contributed by atoms with Crippen molar-refractivity contribution in [2.75, 3.05) is 20.3 Å². The lowest BCUT2D eigenvalue weighted by atomic mass is 9.95. The van der Waals surface area contributed by atoms with Gasteiger partial charge < -0.3 is 29.6 Å². The maximum absolute atomic E-state index is 12.6. The van der Waals surface area contributed by atoms with Gasteiger partial charge in [-0.15, -0.1) is 0 Å². The molecule has 0 aromatic heterocycles. The van der Waals surface area contributed by atoms with E-state index in [2.05, 4.69) is 21.2 Å². The second kappa shape index (κ2) is 15.1. The lowest BCUT2D eigenvalue weighted by Gasteiger charge is -2.28. The first kappa shape index (κ1) is 32.2. The number of methoxy groups -OCH3 is 1. The van der Waals surface area contributed by atoms with E-state index in [1.54, 1.807) is 74.5 Å². The molecule has 0 fully saturated rings. The quantitative estimate of drug-likeness (QED) is 0.139. The SMILES string of the molecule is CCOC(=O)C1=C(C)NC(=O)N[C@@H]1c1ccc(OCC(=O)N/N=C\c2ccc(OCc3ccc(Cl)cc3Cl)cc2)c(OC)c1. The first-order chi connectivity index (χ1) is 21.2. The van der Waals surface area contributed by atoms with Gasteiger partial charge in [-0.05, 0) is 73.5 Å². The molecule has 0 saturated heterocycles. The van der Waals surface area contributed by atoms with Gasteiger partial charge in [0.05, 0.1) is 31.5 Å². The van der Waals surface area contributed by atoms with Gasteiger partial charge in [-0.3, -0.25) is 4.79 Å². The fourth-order valence-corrected chi connectivity index (χ4v) is 4.67. The Bertz CT molecular complexity index is 1590. The Morgan fingerprint density at radius 1 is 1.02 bits per heavy atom. The third-order valence-corrected chi connectivity index (χ3v) is 6.92. The summed E-state index contributed by atoms with van der Waals surface area (Å²) in [6.45, 7) is 3.45. The molecule has 0 unspecified atom stereocenters. The average molecular weight is 642 g/mol. The third-order valence-electron chi connectivity index (χ3n) is 6.34. The first-order valence-corrected chi connectivity index (χ1v) is 14.2. The second-order valence-electron chi connectivity index (χ2n) is 9.38. The van der Waals surface area contributed by atoms with E-state index in [0.717, 1.165) is 11.1 Å². The predicted octanol–water partition coefficient (Wildman–Crippen LogP) is 5.30. The van der Waals surface area contributed by atoms with Crippen molar-refractivity contribution in [1.29, 1.82) is 0 Å². The van der Waals surface area contributed by atoms with Crippen LogP contribution in [0.15, 0.2) is 77.0 Å². The summed E-state index contributed by atoms with van der Waals surface area (Å²) in [5, 5.41) is 10.4. The molecule has 13 heteroatoms. The van der Waals surface area contributed by atoms with E-state index in [9.17, 15) is 14.4 Å². The number of amides is 3. The molecule has 0 bridgehead atoms. The molecule has 1 aliphatic rings. The highest BCUT2D eigenvalue weighted by atomic mass is 35.5. The van der Waals surface area contributed by atoms with Crippen molar-refractivity contribution < 1.29 is 33.3 Å². The van der Waals surface area contributed by atoms with Gasteiger partial charge in [0.25, 0.3) is 5.91 Å². The minimum Gasteiger partial charge on any atom is -0.493 e. The molecule has 0 radical (unpaired) electrons. The number of urea groups is 1. The van der Waals surface area contributed by atoms with Gasteiger partial charge in [0, 0.05) is 21.3 Å². The van der Waals surface area contributed by atoms with Crippen molar-refractivity contribution in [2.45, 2.75) is 26.5 Å². The normalized spacial score (nSPS) is 14.5. The molecule has 230 valence electrons. The van der Waals surface area contributed by atoms with E-state index in [-0.39, 0.29) is 31.1 Å². The van der Waals surface area contributed by atoms with Crippen LogP contribution in [-0.4, -0.2) is 44.4 Å². The number of hydrazone groups is 1. The standard InChI is InChI=1S/C31H30Cl2N4O7/c1-4-42-30(39)28-18(2)35-31(40)36-29(28)20-8-12-25(26(13-20)41-3)44-17-27(38)37-34-15-19-5-10-23(11-6-19)43-16-21-7-9-22(32)14-24(21)33/h5-15,29H,4,16-17H2,1-3H3,(H,37,38)(H2,35,36,40)/b34-15-/t29-/m1/s1. The van der Waals surface area contributed by atoms with Gasteiger partial charge in [0.1, 0.15) is 12.4 Å². The first-order valence-electron chi connectivity index (χ1n) is 13.4. The highest BCUT2D eigenvalue weighted by molar-refractivity contribution is 6.35. The van der Waals surface area contributed by atoms with Gasteiger partial charge in [-0.1, -0.05) is 35.3 Å². The number of allylic oxidation sites excluding steroid dienone is 1. The molecular weight excluding hydrogens is 611 g/mol. The molecular formula is C31H30Cl2N4O7. The van der Waals surface area contributed by atoms with Gasteiger partial charge in [-0.2, -0.15) is 5.10 Å². The number of rotatable bonds is 12. The Labute approximate surface area is 264 Å². The highest BCUT2D eigenvalue weighted by Crippen LogP contribution is 2.34. The molecule has 1 heterocycles. The Morgan fingerprint density at radius 2 is 1.80 bits per heavy atom. The van der Waals surface area contributed by atoms with Crippen molar-refractivity contribution >= 4 is 47.3 Å². The van der Waals surface area contributed by atoms with Crippen LogP contribution in [-0.2, 0) is 20.9 Å². The minimum absolute atomic E-state index is 0.182. The summed E-state index contributed by atoms with van der Waals surface area (Å²) < 4.78 is 22.0. The van der Waals surface area contributed by atoms with E-state index in [4.69, 9.17) is 42.1 Å². The number of carbonyl (C=O) groups is 3. The monoisotopic (exact) mass is 640 g/mol. The minimum atomic E-state index is -0.772. The maximum atomic E-state index is 12.6. The molecule has 0 aliphatic carbocycles. The topological polar surface area (TPSA) is 137 Å². The number of hydrogen-bond acceptors (Lipinski definition) is 8. The summed E-state index contributed by atoms with van der Waals surface area (Å²) in [7, 11) is 1.44. The van der Waals surface area contributed by atoms with E-state index < -0.39 is 23.9 Å². The second-order valence-corrected chi connectivity index (χ2v) is 10.2. The van der Waals surface area contributed by atoms with Crippen LogP contribution in [0.25, 0.3) is 0 Å². The number of nitrogens with zero attached hydrogens (tertiary/aromatic N) is 1. The van der Waals surface area contributed by atoms with Crippen LogP contribution < -0.4 is 30.3 Å². The van der Waals surface area contributed by atoms with E-state index in [0.29, 0.717) is 32.8 Å². The smallest absolute Gasteiger partial charge is 0.338 e. The third kappa shape index (κ3) is 8.42. The zero-order chi connectivity index (χ0) is 31.6. The van der Waals surface area contributed by atoms with Crippen molar-refractivity contribution in [3.05, 3.63) is 98.7 Å². The molecule has 3 N–H and O–H groups in total.